The second-order valence-corrected chi connectivity index (χ2v) is 10.1. The Kier molecular flexibility index (Phi) is 6.35. The molecule has 5 rings (SSSR count). The summed E-state index contributed by atoms with van der Waals surface area (Å²) < 4.78 is 58.0. The van der Waals surface area contributed by atoms with Crippen LogP contribution in [0.25, 0.3) is 16.9 Å². The topological polar surface area (TPSA) is 115 Å². The number of benzene rings is 1. The van der Waals surface area contributed by atoms with E-state index in [2.05, 4.69) is 20.7 Å². The molecule has 3 aromatic heterocycles. The zero-order valence-electron chi connectivity index (χ0n) is 19.8. The lowest BCUT2D eigenvalue weighted by molar-refractivity contribution is 0.356. The Balaban J connectivity index is 1.47. The third kappa shape index (κ3) is 4.88. The third-order valence-corrected chi connectivity index (χ3v) is 6.70. The average Bonchev–Trinajstić information content (AvgIpc) is 3.53. The smallest absolute Gasteiger partial charge is 0.303 e. The van der Waals surface area contributed by atoms with Gasteiger partial charge >= 0.3 is 10.2 Å². The molecule has 0 fully saturated rings. The molecule has 0 saturated carbocycles. The summed E-state index contributed by atoms with van der Waals surface area (Å²) in [5.74, 6) is 0.210. The first-order chi connectivity index (χ1) is 17.2. The highest BCUT2D eigenvalue weighted by Gasteiger charge is 2.21. The predicted octanol–water partition coefficient (Wildman–Crippen LogP) is 2.51. The van der Waals surface area contributed by atoms with Gasteiger partial charge in [-0.25, -0.2) is 14.4 Å². The molecule has 0 radical (unpaired) electrons. The van der Waals surface area contributed by atoms with Crippen LogP contribution in [-0.2, 0) is 36.8 Å². The number of rotatable bonds is 9. The molecule has 0 bridgehead atoms. The van der Waals surface area contributed by atoms with Crippen LogP contribution in [0.15, 0.2) is 30.6 Å². The van der Waals surface area contributed by atoms with Crippen molar-refractivity contribution in [1.29, 1.82) is 0 Å². The van der Waals surface area contributed by atoms with E-state index in [0.29, 0.717) is 41.6 Å². The largest absolute Gasteiger partial charge is 0.493 e. The van der Waals surface area contributed by atoms with Crippen LogP contribution in [-0.4, -0.2) is 51.5 Å². The fourth-order valence-corrected chi connectivity index (χ4v) is 4.76. The van der Waals surface area contributed by atoms with E-state index in [1.165, 1.54) is 6.07 Å². The molecule has 4 heterocycles. The Morgan fingerprint density at radius 1 is 1.25 bits per heavy atom. The van der Waals surface area contributed by atoms with Crippen molar-refractivity contribution in [3.05, 3.63) is 58.9 Å². The molecule has 4 aromatic rings. The van der Waals surface area contributed by atoms with Crippen molar-refractivity contribution in [3.63, 3.8) is 0 Å². The van der Waals surface area contributed by atoms with E-state index >= 15 is 0 Å². The molecule has 1 aliphatic rings. The molecule has 190 valence electrons. The second-order valence-electron chi connectivity index (χ2n) is 8.59. The number of hydrogen-bond donors (Lipinski definition) is 2. The molecule has 2 N–H and O–H groups in total. The highest BCUT2D eigenvalue weighted by Crippen LogP contribution is 2.31. The number of fused-ring (bicyclic) bond motifs is 2. The molecular weight excluding hydrogens is 492 g/mol. The number of ether oxygens (including phenoxy) is 1. The summed E-state index contributed by atoms with van der Waals surface area (Å²) in [5.41, 5.74) is 4.95. The highest BCUT2D eigenvalue weighted by molar-refractivity contribution is 7.86. The summed E-state index contributed by atoms with van der Waals surface area (Å²) in [4.78, 5) is 9.29. The van der Waals surface area contributed by atoms with Gasteiger partial charge in [0, 0.05) is 56.6 Å². The number of nitrogens with one attached hydrogen (secondary N) is 2. The van der Waals surface area contributed by atoms with Gasteiger partial charge in [0.2, 0.25) is 5.95 Å². The first-order valence-corrected chi connectivity index (χ1v) is 12.9. The number of halogens is 2. The standard InChI is InChI=1S/C23H25F2N7O3S/c1-14-9-20(31(2)30-14)18-12-28-23(27-11-17-16-5-7-35-21(16)4-3-19(17)24)32-13-15(29-22(18)32)10-26-6-8-36(25,33)34/h3-4,9,12-13,26H,5-8,10-11H2,1-2H3,(H,27,28). The van der Waals surface area contributed by atoms with Crippen LogP contribution in [0.4, 0.5) is 14.2 Å². The fourth-order valence-electron chi connectivity index (χ4n) is 4.37. The van der Waals surface area contributed by atoms with Gasteiger partial charge in [-0.3, -0.25) is 9.08 Å². The molecule has 0 unspecified atom stereocenters. The molecule has 0 amide bonds. The molecule has 13 heteroatoms. The quantitative estimate of drug-likeness (QED) is 0.257. The van der Waals surface area contributed by atoms with Crippen LogP contribution >= 0.6 is 0 Å². The molecule has 0 spiro atoms. The Labute approximate surface area is 206 Å². The lowest BCUT2D eigenvalue weighted by atomic mass is 10.0. The van der Waals surface area contributed by atoms with E-state index in [1.807, 2.05) is 20.0 Å². The molecular formula is C23H25F2N7O3S. The first-order valence-electron chi connectivity index (χ1n) is 11.4. The summed E-state index contributed by atoms with van der Waals surface area (Å²) in [7, 11) is -2.73. The van der Waals surface area contributed by atoms with Gasteiger partial charge in [-0.05, 0) is 25.1 Å². The van der Waals surface area contributed by atoms with E-state index in [-0.39, 0.29) is 25.5 Å². The van der Waals surface area contributed by atoms with Crippen LogP contribution in [0.5, 0.6) is 5.75 Å². The van der Waals surface area contributed by atoms with Crippen molar-refractivity contribution in [2.75, 3.05) is 24.2 Å². The summed E-state index contributed by atoms with van der Waals surface area (Å²) in [5, 5.41) is 10.5. The van der Waals surface area contributed by atoms with Crippen LogP contribution in [0.2, 0.25) is 0 Å². The maximum Gasteiger partial charge on any atom is 0.303 e. The van der Waals surface area contributed by atoms with Crippen molar-refractivity contribution in [2.24, 2.45) is 7.05 Å². The lowest BCUT2D eigenvalue weighted by Crippen LogP contribution is -2.20. The number of imidazole rings is 1. The third-order valence-electron chi connectivity index (χ3n) is 6.01. The highest BCUT2D eigenvalue weighted by atomic mass is 32.3. The molecule has 1 aromatic carbocycles. The monoisotopic (exact) mass is 517 g/mol. The molecule has 1 aliphatic heterocycles. The van der Waals surface area contributed by atoms with Gasteiger partial charge in [0.25, 0.3) is 0 Å². The van der Waals surface area contributed by atoms with Gasteiger partial charge in [0.15, 0.2) is 5.65 Å². The van der Waals surface area contributed by atoms with Crippen molar-refractivity contribution >= 4 is 21.8 Å². The van der Waals surface area contributed by atoms with Crippen molar-refractivity contribution in [1.82, 2.24) is 29.5 Å². The molecule has 10 nitrogen and oxygen atoms in total. The van der Waals surface area contributed by atoms with Crippen LogP contribution < -0.4 is 15.4 Å². The first kappa shape index (κ1) is 24.1. The van der Waals surface area contributed by atoms with E-state index < -0.39 is 16.0 Å². The van der Waals surface area contributed by atoms with E-state index in [0.717, 1.165) is 22.5 Å². The van der Waals surface area contributed by atoms with Crippen molar-refractivity contribution in [3.8, 4) is 17.0 Å². The SMILES string of the molecule is Cc1cc(-c2cnc(NCc3c(F)ccc4c3CCO4)n3cc(CNCCS(=O)(=O)F)nc23)n(C)n1. The normalized spacial score (nSPS) is 13.2. The van der Waals surface area contributed by atoms with Gasteiger partial charge in [-0.2, -0.15) is 13.5 Å². The van der Waals surface area contributed by atoms with E-state index in [4.69, 9.17) is 9.72 Å². The Hall–Kier alpha value is -3.58. The van der Waals surface area contributed by atoms with Crippen LogP contribution in [0.3, 0.4) is 0 Å². The van der Waals surface area contributed by atoms with Crippen LogP contribution in [0.1, 0.15) is 22.5 Å². The zero-order valence-corrected chi connectivity index (χ0v) is 20.6. The van der Waals surface area contributed by atoms with Gasteiger partial charge in [-0.15, -0.1) is 3.89 Å². The summed E-state index contributed by atoms with van der Waals surface area (Å²) in [6.45, 7) is 2.78. The van der Waals surface area contributed by atoms with Gasteiger partial charge in [0.05, 0.1) is 35.0 Å². The molecule has 0 saturated heterocycles. The predicted molar refractivity (Wildman–Crippen MR) is 129 cm³/mol. The Morgan fingerprint density at radius 3 is 2.83 bits per heavy atom. The number of hydrogen-bond acceptors (Lipinski definition) is 8. The number of anilines is 1. The zero-order chi connectivity index (χ0) is 25.4. The van der Waals surface area contributed by atoms with E-state index in [9.17, 15) is 16.7 Å². The van der Waals surface area contributed by atoms with Crippen LogP contribution in [0, 0.1) is 12.7 Å². The minimum absolute atomic E-state index is 0.0513. The minimum Gasteiger partial charge on any atom is -0.493 e. The summed E-state index contributed by atoms with van der Waals surface area (Å²) >= 11 is 0. The maximum absolute atomic E-state index is 14.6. The van der Waals surface area contributed by atoms with Crippen molar-refractivity contribution in [2.45, 2.75) is 26.4 Å². The van der Waals surface area contributed by atoms with E-state index in [1.54, 1.807) is 27.5 Å². The molecule has 36 heavy (non-hydrogen) atoms. The van der Waals surface area contributed by atoms with Gasteiger partial charge in [0.1, 0.15) is 11.6 Å². The Bertz CT molecular complexity index is 1550. The number of nitrogens with zero attached hydrogens (tertiary/aromatic N) is 5. The van der Waals surface area contributed by atoms with Crippen molar-refractivity contribution < 1.29 is 21.4 Å². The summed E-state index contributed by atoms with van der Waals surface area (Å²) in [6, 6.07) is 4.97. The summed E-state index contributed by atoms with van der Waals surface area (Å²) in [6.07, 6.45) is 4.08. The lowest BCUT2D eigenvalue weighted by Gasteiger charge is -2.13. The van der Waals surface area contributed by atoms with Gasteiger partial charge in [-0.1, -0.05) is 0 Å². The molecule has 0 atom stereocenters. The maximum atomic E-state index is 14.6. The number of aryl methyl sites for hydroxylation is 2. The number of aromatic nitrogens is 5. The molecule has 0 aliphatic carbocycles. The Morgan fingerprint density at radius 2 is 2.08 bits per heavy atom. The average molecular weight is 518 g/mol. The second kappa shape index (κ2) is 9.47. The fraction of sp³-hybridized carbons (Fsp3) is 0.348. The minimum atomic E-state index is -4.55. The van der Waals surface area contributed by atoms with Gasteiger partial charge < -0.3 is 15.4 Å².